The number of ketones is 1. The Kier molecular flexibility index (Phi) is 7.05. The Balaban J connectivity index is 2.11. The van der Waals surface area contributed by atoms with E-state index in [9.17, 15) is 19.8 Å². The fourth-order valence-electron chi connectivity index (χ4n) is 3.81. The zero-order valence-corrected chi connectivity index (χ0v) is 18.7. The summed E-state index contributed by atoms with van der Waals surface area (Å²) < 4.78 is 10.5. The first kappa shape index (κ1) is 23.1. The normalized spacial score (nSPS) is 17.8. The number of hydrogen-bond donors (Lipinski definition) is 2. The van der Waals surface area contributed by atoms with Crippen molar-refractivity contribution in [3.63, 3.8) is 0 Å². The fourth-order valence-corrected chi connectivity index (χ4v) is 3.81. The highest BCUT2D eigenvalue weighted by Gasteiger charge is 2.45. The molecule has 3 rings (SSSR count). The number of aliphatic hydroxyl groups excluding tert-OH is 1. The van der Waals surface area contributed by atoms with E-state index in [1.54, 1.807) is 30.3 Å². The minimum atomic E-state index is -0.772. The summed E-state index contributed by atoms with van der Waals surface area (Å²) in [4.78, 5) is 29.4. The van der Waals surface area contributed by atoms with Crippen molar-refractivity contribution in [2.45, 2.75) is 12.5 Å². The van der Waals surface area contributed by atoms with Crippen molar-refractivity contribution < 1.29 is 29.3 Å². The molecule has 0 bridgehead atoms. The number of likely N-dealkylation sites (tertiary alicyclic amines) is 1. The van der Waals surface area contributed by atoms with E-state index in [1.165, 1.54) is 31.3 Å². The summed E-state index contributed by atoms with van der Waals surface area (Å²) in [5.41, 5.74) is 0.948. The number of benzene rings is 2. The summed E-state index contributed by atoms with van der Waals surface area (Å²) in [6, 6.07) is 10.3. The molecule has 1 saturated heterocycles. The number of amides is 1. The van der Waals surface area contributed by atoms with Crippen LogP contribution in [0.4, 0.5) is 0 Å². The van der Waals surface area contributed by atoms with E-state index in [0.29, 0.717) is 35.6 Å². The second-order valence-corrected chi connectivity index (χ2v) is 7.81. The Morgan fingerprint density at radius 1 is 1.03 bits per heavy atom. The lowest BCUT2D eigenvalue weighted by Gasteiger charge is -2.26. The van der Waals surface area contributed by atoms with Crippen LogP contribution in [0.3, 0.4) is 0 Å². The number of methoxy groups -OCH3 is 2. The molecule has 0 spiro atoms. The van der Waals surface area contributed by atoms with Crippen molar-refractivity contribution >= 4 is 17.4 Å². The van der Waals surface area contributed by atoms with Gasteiger partial charge in [-0.1, -0.05) is 12.1 Å². The van der Waals surface area contributed by atoms with Crippen molar-refractivity contribution in [3.05, 3.63) is 59.2 Å². The van der Waals surface area contributed by atoms with E-state index in [-0.39, 0.29) is 17.1 Å². The van der Waals surface area contributed by atoms with Crippen LogP contribution >= 0.6 is 0 Å². The Hall–Kier alpha value is -3.52. The van der Waals surface area contributed by atoms with E-state index < -0.39 is 17.7 Å². The maximum Gasteiger partial charge on any atom is 0.295 e. The van der Waals surface area contributed by atoms with Crippen molar-refractivity contribution in [1.82, 2.24) is 9.80 Å². The summed E-state index contributed by atoms with van der Waals surface area (Å²) >= 11 is 0. The molecule has 1 aliphatic heterocycles. The van der Waals surface area contributed by atoms with Crippen LogP contribution in [0, 0.1) is 0 Å². The van der Waals surface area contributed by atoms with Gasteiger partial charge in [0.15, 0.2) is 11.5 Å². The zero-order chi connectivity index (χ0) is 23.4. The Morgan fingerprint density at radius 3 is 2.28 bits per heavy atom. The number of carbonyl (C=O) groups excluding carboxylic acids is 2. The maximum atomic E-state index is 13.0. The van der Waals surface area contributed by atoms with Crippen LogP contribution < -0.4 is 9.47 Å². The second kappa shape index (κ2) is 9.74. The van der Waals surface area contributed by atoms with Gasteiger partial charge in [0, 0.05) is 12.1 Å². The third kappa shape index (κ3) is 4.55. The molecule has 0 aromatic heterocycles. The second-order valence-electron chi connectivity index (χ2n) is 7.81. The molecule has 8 nitrogen and oxygen atoms in total. The van der Waals surface area contributed by atoms with Crippen molar-refractivity contribution in [2.24, 2.45) is 0 Å². The van der Waals surface area contributed by atoms with Gasteiger partial charge in [0.25, 0.3) is 11.7 Å². The van der Waals surface area contributed by atoms with Gasteiger partial charge in [-0.2, -0.15) is 0 Å². The molecular weight excluding hydrogens is 412 g/mol. The van der Waals surface area contributed by atoms with Gasteiger partial charge in [0.05, 0.1) is 25.8 Å². The van der Waals surface area contributed by atoms with Gasteiger partial charge in [0.1, 0.15) is 11.5 Å². The lowest BCUT2D eigenvalue weighted by atomic mass is 9.95. The zero-order valence-electron chi connectivity index (χ0n) is 18.7. The van der Waals surface area contributed by atoms with Crippen LogP contribution in [0.1, 0.15) is 23.6 Å². The molecule has 1 amide bonds. The SMILES string of the molecule is COc1ccc(/C(O)=C2/C(=O)C(=O)N(CCCN(C)C)C2c2ccc(O)cc2)cc1OC. The molecule has 2 aromatic carbocycles. The predicted octanol–water partition coefficient (Wildman–Crippen LogP) is 2.78. The first-order valence-electron chi connectivity index (χ1n) is 10.2. The largest absolute Gasteiger partial charge is 0.508 e. The maximum absolute atomic E-state index is 13.0. The average molecular weight is 440 g/mol. The predicted molar refractivity (Wildman–Crippen MR) is 120 cm³/mol. The number of ether oxygens (including phenoxy) is 2. The molecule has 1 heterocycles. The highest BCUT2D eigenvalue weighted by molar-refractivity contribution is 6.46. The number of nitrogens with zero attached hydrogens (tertiary/aromatic N) is 2. The first-order valence-corrected chi connectivity index (χ1v) is 10.2. The van der Waals surface area contributed by atoms with Gasteiger partial charge in [-0.05, 0) is 63.0 Å². The topological polar surface area (TPSA) is 99.5 Å². The summed E-state index contributed by atoms with van der Waals surface area (Å²) in [5, 5.41) is 20.8. The van der Waals surface area contributed by atoms with Gasteiger partial charge in [0.2, 0.25) is 0 Å². The molecule has 1 aliphatic rings. The molecule has 1 fully saturated rings. The van der Waals surface area contributed by atoms with Gasteiger partial charge in [-0.15, -0.1) is 0 Å². The lowest BCUT2D eigenvalue weighted by Crippen LogP contribution is -2.32. The average Bonchev–Trinajstić information content (AvgIpc) is 3.03. The lowest BCUT2D eigenvalue weighted by molar-refractivity contribution is -0.139. The summed E-state index contributed by atoms with van der Waals surface area (Å²) in [7, 11) is 6.84. The third-order valence-electron chi connectivity index (χ3n) is 5.41. The first-order chi connectivity index (χ1) is 15.3. The van der Waals surface area contributed by atoms with E-state index >= 15 is 0 Å². The molecule has 170 valence electrons. The van der Waals surface area contributed by atoms with Gasteiger partial charge in [-0.25, -0.2) is 0 Å². The number of aromatic hydroxyl groups is 1. The van der Waals surface area contributed by atoms with Crippen molar-refractivity contribution in [2.75, 3.05) is 41.4 Å². The van der Waals surface area contributed by atoms with Crippen LogP contribution in [0.5, 0.6) is 17.2 Å². The van der Waals surface area contributed by atoms with Crippen molar-refractivity contribution in [3.8, 4) is 17.2 Å². The monoisotopic (exact) mass is 440 g/mol. The number of phenols is 1. The van der Waals surface area contributed by atoms with Gasteiger partial charge < -0.3 is 29.5 Å². The molecule has 32 heavy (non-hydrogen) atoms. The molecule has 2 N–H and O–H groups in total. The summed E-state index contributed by atoms with van der Waals surface area (Å²) in [5.74, 6) is -0.777. The van der Waals surface area contributed by atoms with Crippen LogP contribution in [0.15, 0.2) is 48.0 Å². The standard InChI is InChI=1S/C24H28N2O6/c1-25(2)12-5-13-26-21(15-6-9-17(27)10-7-15)20(23(29)24(26)30)22(28)16-8-11-18(31-3)19(14-16)32-4/h6-11,14,21,27-28H,5,12-13H2,1-4H3/b22-20-. The Labute approximate surface area is 187 Å². The Bertz CT molecular complexity index is 1030. The van der Waals surface area contributed by atoms with E-state index in [4.69, 9.17) is 9.47 Å². The summed E-state index contributed by atoms with van der Waals surface area (Å²) in [6.07, 6.45) is 0.658. The van der Waals surface area contributed by atoms with E-state index in [0.717, 1.165) is 6.54 Å². The molecule has 8 heteroatoms. The quantitative estimate of drug-likeness (QED) is 0.370. The van der Waals surface area contributed by atoms with Crippen LogP contribution in [0.25, 0.3) is 5.76 Å². The fraction of sp³-hybridized carbons (Fsp3) is 0.333. The molecule has 0 saturated carbocycles. The number of rotatable bonds is 8. The summed E-state index contributed by atoms with van der Waals surface area (Å²) in [6.45, 7) is 1.08. The van der Waals surface area contributed by atoms with E-state index in [1.807, 2.05) is 19.0 Å². The minimum absolute atomic E-state index is 0.00207. The van der Waals surface area contributed by atoms with Gasteiger partial charge >= 0.3 is 0 Å². The number of phenolic OH excluding ortho intramolecular Hbond substituents is 1. The molecular formula is C24H28N2O6. The number of aliphatic hydroxyl groups is 1. The minimum Gasteiger partial charge on any atom is -0.508 e. The number of Topliss-reactive ketones (excluding diaryl/α,β-unsaturated/α-hetero) is 1. The molecule has 1 atom stereocenters. The van der Waals surface area contributed by atoms with E-state index in [2.05, 4.69) is 0 Å². The van der Waals surface area contributed by atoms with Gasteiger partial charge in [-0.3, -0.25) is 9.59 Å². The molecule has 0 aliphatic carbocycles. The Morgan fingerprint density at radius 2 is 1.69 bits per heavy atom. The number of carbonyl (C=O) groups is 2. The third-order valence-corrected chi connectivity index (χ3v) is 5.41. The molecule has 2 aromatic rings. The smallest absolute Gasteiger partial charge is 0.295 e. The highest BCUT2D eigenvalue weighted by Crippen LogP contribution is 2.41. The number of hydrogen-bond acceptors (Lipinski definition) is 7. The van der Waals surface area contributed by atoms with Crippen LogP contribution in [-0.4, -0.2) is 73.1 Å². The highest BCUT2D eigenvalue weighted by atomic mass is 16.5. The van der Waals surface area contributed by atoms with Crippen molar-refractivity contribution in [1.29, 1.82) is 0 Å². The molecule has 1 unspecified atom stereocenters. The molecule has 0 radical (unpaired) electrons. The van der Waals surface area contributed by atoms with Crippen LogP contribution in [-0.2, 0) is 9.59 Å². The van der Waals surface area contributed by atoms with Crippen LogP contribution in [0.2, 0.25) is 0 Å².